The summed E-state index contributed by atoms with van der Waals surface area (Å²) in [5.74, 6) is -0.397. The number of nitrogens with zero attached hydrogens (tertiary/aromatic N) is 8. The van der Waals surface area contributed by atoms with Crippen molar-refractivity contribution in [2.24, 2.45) is 0 Å². The number of methoxy groups -OCH3 is 1. The van der Waals surface area contributed by atoms with E-state index in [2.05, 4.69) is 31.2 Å². The zero-order valence-electron chi connectivity index (χ0n) is 30.7. The number of pyridine rings is 1. The number of hydrogen-bond donors (Lipinski definition) is 1. The number of anilines is 1. The standard InChI is InChI=1S/C40H43F2N9O4/c1-54-35-21-29(41)24-43-39(35)48-13-15-49(16-14-48)40(53)34-23-33-32(30-7-3-2-5-27(30)25-47-17-19-55-20-18-47)22-31(37(42)38(33)45-34)28-6-4-10-50(26-28)36(52)8-11-51-12-9-44-46-51/h2-3,5-7,9,12,21-24,45H,4,8,10-11,13-20,25-26H2,1H3. The van der Waals surface area contributed by atoms with Gasteiger partial charge in [0.2, 0.25) is 5.91 Å². The summed E-state index contributed by atoms with van der Waals surface area (Å²) >= 11 is 0. The minimum absolute atomic E-state index is 0.0415. The van der Waals surface area contributed by atoms with Gasteiger partial charge >= 0.3 is 0 Å². The van der Waals surface area contributed by atoms with E-state index in [1.807, 2.05) is 35.2 Å². The van der Waals surface area contributed by atoms with Crippen molar-refractivity contribution >= 4 is 34.1 Å². The molecule has 2 saturated heterocycles. The average Bonchev–Trinajstić information content (AvgIpc) is 3.92. The normalized spacial score (nSPS) is 16.8. The Morgan fingerprint density at radius 3 is 2.55 bits per heavy atom. The number of fused-ring (bicyclic) bond motifs is 1. The summed E-state index contributed by atoms with van der Waals surface area (Å²) in [7, 11) is 1.47. The van der Waals surface area contributed by atoms with Crippen LogP contribution in [0.4, 0.5) is 14.6 Å². The van der Waals surface area contributed by atoms with Crippen molar-refractivity contribution in [1.82, 2.24) is 39.7 Å². The molecule has 0 bridgehead atoms. The first-order valence-corrected chi connectivity index (χ1v) is 18.6. The van der Waals surface area contributed by atoms with Gasteiger partial charge in [-0.15, -0.1) is 5.10 Å². The van der Waals surface area contributed by atoms with Crippen molar-refractivity contribution in [1.29, 1.82) is 0 Å². The molecular weight excluding hydrogens is 708 g/mol. The molecule has 3 aliphatic rings. The summed E-state index contributed by atoms with van der Waals surface area (Å²) in [6, 6.07) is 13.1. The number of ether oxygens (including phenoxy) is 2. The smallest absolute Gasteiger partial charge is 0.270 e. The quantitative estimate of drug-likeness (QED) is 0.218. The van der Waals surface area contributed by atoms with Crippen molar-refractivity contribution in [3.63, 3.8) is 0 Å². The molecule has 0 unspecified atom stereocenters. The predicted molar refractivity (Wildman–Crippen MR) is 202 cm³/mol. The minimum atomic E-state index is -0.489. The lowest BCUT2D eigenvalue weighted by atomic mass is 9.91. The van der Waals surface area contributed by atoms with Gasteiger partial charge in [-0.25, -0.2) is 13.8 Å². The zero-order valence-corrected chi connectivity index (χ0v) is 30.7. The molecule has 3 aromatic heterocycles. The van der Waals surface area contributed by atoms with Crippen molar-refractivity contribution < 1.29 is 27.8 Å². The molecule has 3 aliphatic heterocycles. The molecule has 13 nitrogen and oxygen atoms in total. The van der Waals surface area contributed by atoms with Gasteiger partial charge < -0.3 is 29.2 Å². The molecule has 6 heterocycles. The topological polar surface area (TPSA) is 125 Å². The number of halogens is 2. The number of aromatic nitrogens is 5. The van der Waals surface area contributed by atoms with Crippen LogP contribution in [0.15, 0.2) is 67.1 Å². The first-order chi connectivity index (χ1) is 26.9. The van der Waals surface area contributed by atoms with Crippen LogP contribution in [-0.2, 0) is 22.6 Å². The number of aryl methyl sites for hydroxylation is 1. The molecule has 286 valence electrons. The van der Waals surface area contributed by atoms with Crippen molar-refractivity contribution in [2.45, 2.75) is 25.9 Å². The number of H-pyrrole nitrogens is 1. The minimum Gasteiger partial charge on any atom is -0.493 e. The zero-order chi connectivity index (χ0) is 37.9. The van der Waals surface area contributed by atoms with Gasteiger partial charge in [-0.3, -0.25) is 19.2 Å². The Labute approximate surface area is 317 Å². The number of morpholine rings is 1. The molecule has 2 aromatic carbocycles. The lowest BCUT2D eigenvalue weighted by molar-refractivity contribution is -0.131. The van der Waals surface area contributed by atoms with Crippen LogP contribution in [0, 0.1) is 11.6 Å². The van der Waals surface area contributed by atoms with Crippen molar-refractivity contribution in [3.05, 3.63) is 95.6 Å². The summed E-state index contributed by atoms with van der Waals surface area (Å²) in [5, 5.41) is 8.38. The third-order valence-electron chi connectivity index (χ3n) is 10.7. The van der Waals surface area contributed by atoms with Gasteiger partial charge in [0.15, 0.2) is 17.4 Å². The largest absolute Gasteiger partial charge is 0.493 e. The number of aromatic amines is 1. The van der Waals surface area contributed by atoms with Crippen LogP contribution in [0.25, 0.3) is 27.6 Å². The Morgan fingerprint density at radius 2 is 1.76 bits per heavy atom. The number of piperazine rings is 1. The molecule has 0 saturated carbocycles. The Morgan fingerprint density at radius 1 is 0.945 bits per heavy atom. The second-order valence-corrected chi connectivity index (χ2v) is 14.0. The Kier molecular flexibility index (Phi) is 10.5. The molecule has 5 aromatic rings. The van der Waals surface area contributed by atoms with Gasteiger partial charge in [0.05, 0.1) is 44.8 Å². The Bertz CT molecular complexity index is 2210. The molecule has 2 fully saturated rings. The fourth-order valence-corrected chi connectivity index (χ4v) is 7.72. The molecule has 15 heteroatoms. The lowest BCUT2D eigenvalue weighted by Crippen LogP contribution is -2.49. The van der Waals surface area contributed by atoms with Gasteiger partial charge in [0.1, 0.15) is 11.5 Å². The highest BCUT2D eigenvalue weighted by molar-refractivity contribution is 6.05. The lowest BCUT2D eigenvalue weighted by Gasteiger charge is -2.35. The molecule has 2 amide bonds. The molecule has 8 rings (SSSR count). The number of carbonyl (C=O) groups excluding carboxylic acids is 2. The first kappa shape index (κ1) is 36.3. The first-order valence-electron chi connectivity index (χ1n) is 18.6. The second-order valence-electron chi connectivity index (χ2n) is 14.0. The van der Waals surface area contributed by atoms with Gasteiger partial charge in [0.25, 0.3) is 5.91 Å². The van der Waals surface area contributed by atoms with Gasteiger partial charge in [0, 0.05) is 88.5 Å². The number of amides is 2. The molecule has 55 heavy (non-hydrogen) atoms. The van der Waals surface area contributed by atoms with E-state index >= 15 is 4.39 Å². The van der Waals surface area contributed by atoms with E-state index in [-0.39, 0.29) is 36.0 Å². The number of rotatable bonds is 10. The maximum absolute atomic E-state index is 16.9. The summed E-state index contributed by atoms with van der Waals surface area (Å²) < 4.78 is 43.3. The van der Waals surface area contributed by atoms with E-state index in [9.17, 15) is 14.0 Å². The fourth-order valence-electron chi connectivity index (χ4n) is 7.72. The van der Waals surface area contributed by atoms with Crippen LogP contribution in [0.5, 0.6) is 5.75 Å². The summed E-state index contributed by atoms with van der Waals surface area (Å²) in [5.41, 5.74) is 4.48. The van der Waals surface area contributed by atoms with Crippen LogP contribution < -0.4 is 9.64 Å². The van der Waals surface area contributed by atoms with Crippen LogP contribution in [0.3, 0.4) is 0 Å². The van der Waals surface area contributed by atoms with E-state index in [0.29, 0.717) is 88.0 Å². The van der Waals surface area contributed by atoms with Gasteiger partial charge in [-0.2, -0.15) is 0 Å². The van der Waals surface area contributed by atoms with E-state index < -0.39 is 11.6 Å². The van der Waals surface area contributed by atoms with Gasteiger partial charge in [-0.05, 0) is 40.8 Å². The highest BCUT2D eigenvalue weighted by Crippen LogP contribution is 2.39. The molecular formula is C40H43F2N9O4. The summed E-state index contributed by atoms with van der Waals surface area (Å²) in [6.07, 6.45) is 7.30. The van der Waals surface area contributed by atoms with Crippen molar-refractivity contribution in [2.75, 3.05) is 77.6 Å². The maximum Gasteiger partial charge on any atom is 0.270 e. The summed E-state index contributed by atoms with van der Waals surface area (Å²) in [4.78, 5) is 42.6. The van der Waals surface area contributed by atoms with E-state index in [1.165, 1.54) is 13.2 Å². The van der Waals surface area contributed by atoms with Crippen LogP contribution in [0.1, 0.15) is 34.5 Å². The van der Waals surface area contributed by atoms with Crippen LogP contribution in [0.2, 0.25) is 0 Å². The SMILES string of the molecule is COc1cc(F)cnc1N1CCN(C(=O)c2cc3c(-c4ccccc4CN4CCOCC4)cc(C4=CCCN(C(=O)CCn5ccnn5)C4)c(F)c3[nH]2)CC1. The highest BCUT2D eigenvalue weighted by Gasteiger charge is 2.29. The fraction of sp³-hybridized carbons (Fsp3) is 0.375. The Hall–Kier alpha value is -5.67. The third-order valence-corrected chi connectivity index (χ3v) is 10.7. The number of benzene rings is 2. The molecule has 0 radical (unpaired) electrons. The van der Waals surface area contributed by atoms with Crippen molar-refractivity contribution in [3.8, 4) is 16.9 Å². The highest BCUT2D eigenvalue weighted by atomic mass is 19.1. The number of nitrogens with one attached hydrogen (secondary N) is 1. The maximum atomic E-state index is 16.9. The van der Waals surface area contributed by atoms with E-state index in [0.717, 1.165) is 41.5 Å². The molecule has 1 N–H and O–H groups in total. The predicted octanol–water partition coefficient (Wildman–Crippen LogP) is 4.61. The number of carbonyl (C=O) groups is 2. The monoisotopic (exact) mass is 751 g/mol. The van der Waals surface area contributed by atoms with Gasteiger partial charge in [-0.1, -0.05) is 35.6 Å². The molecule has 0 atom stereocenters. The van der Waals surface area contributed by atoms with E-state index in [1.54, 1.807) is 32.9 Å². The third kappa shape index (κ3) is 7.67. The van der Waals surface area contributed by atoms with Crippen LogP contribution in [-0.4, -0.2) is 124 Å². The Balaban J connectivity index is 1.11. The number of hydrogen-bond acceptors (Lipinski definition) is 9. The van der Waals surface area contributed by atoms with Crippen LogP contribution >= 0.6 is 0 Å². The van der Waals surface area contributed by atoms with E-state index in [4.69, 9.17) is 9.47 Å². The second kappa shape index (κ2) is 16.0. The molecule has 0 aliphatic carbocycles. The average molecular weight is 752 g/mol. The summed E-state index contributed by atoms with van der Waals surface area (Å²) in [6.45, 7) is 6.54. The molecule has 0 spiro atoms.